The van der Waals surface area contributed by atoms with Crippen molar-refractivity contribution in [2.24, 2.45) is 0 Å². The van der Waals surface area contributed by atoms with Crippen LogP contribution in [0.2, 0.25) is 0 Å². The van der Waals surface area contributed by atoms with Crippen LogP contribution in [0.25, 0.3) is 0 Å². The molecule has 2 aliphatic rings. The molecule has 1 amide bonds. The van der Waals surface area contributed by atoms with E-state index >= 15 is 0 Å². The Labute approximate surface area is 164 Å². The van der Waals surface area contributed by atoms with E-state index in [1.165, 1.54) is 10.6 Å². The number of amides is 1. The van der Waals surface area contributed by atoms with Crippen LogP contribution in [-0.4, -0.2) is 67.4 Å². The molecule has 2 aliphatic heterocycles. The van der Waals surface area contributed by atoms with Crippen molar-refractivity contribution in [2.45, 2.75) is 51.9 Å². The Morgan fingerprint density at radius 3 is 2.79 bits per heavy atom. The van der Waals surface area contributed by atoms with Crippen LogP contribution < -0.4 is 0 Å². The highest BCUT2D eigenvalue weighted by Gasteiger charge is 2.36. The second-order valence-electron chi connectivity index (χ2n) is 7.27. The van der Waals surface area contributed by atoms with Crippen LogP contribution in [0.5, 0.6) is 0 Å². The Balaban J connectivity index is 1.57. The van der Waals surface area contributed by atoms with Gasteiger partial charge in [0, 0.05) is 32.4 Å². The fourth-order valence-electron chi connectivity index (χ4n) is 4.09. The number of carbonyl (C=O) groups is 1. The maximum absolute atomic E-state index is 12.9. The molecule has 152 valence electrons. The van der Waals surface area contributed by atoms with E-state index < -0.39 is 10.0 Å². The zero-order chi connectivity index (χ0) is 19.9. The second-order valence-corrected chi connectivity index (χ2v) is 9.21. The van der Waals surface area contributed by atoms with Gasteiger partial charge in [-0.1, -0.05) is 6.42 Å². The van der Waals surface area contributed by atoms with Crippen LogP contribution in [0, 0.1) is 0 Å². The SMILES string of the molecule is CCn1nccc1C(=O)N1CCn2c(nnc2C2CCCCN2S(C)(=O)=O)C1. The van der Waals surface area contributed by atoms with Gasteiger partial charge in [0.25, 0.3) is 5.91 Å². The summed E-state index contributed by atoms with van der Waals surface area (Å²) < 4.78 is 29.6. The number of aryl methyl sites for hydroxylation is 1. The van der Waals surface area contributed by atoms with E-state index in [0.717, 1.165) is 19.3 Å². The molecule has 2 aromatic rings. The first-order valence-corrected chi connectivity index (χ1v) is 11.4. The van der Waals surface area contributed by atoms with Gasteiger partial charge in [-0.15, -0.1) is 10.2 Å². The quantitative estimate of drug-likeness (QED) is 0.736. The Hall–Kier alpha value is -2.27. The minimum absolute atomic E-state index is 0.0782. The average Bonchev–Trinajstić information content (AvgIpc) is 3.33. The zero-order valence-electron chi connectivity index (χ0n) is 16.2. The Bertz CT molecular complexity index is 981. The van der Waals surface area contributed by atoms with Gasteiger partial charge in [-0.3, -0.25) is 9.48 Å². The minimum Gasteiger partial charge on any atom is -0.328 e. The summed E-state index contributed by atoms with van der Waals surface area (Å²) in [6.45, 7) is 4.52. The fraction of sp³-hybridized carbons (Fsp3) is 0.647. The van der Waals surface area contributed by atoms with Crippen molar-refractivity contribution in [1.29, 1.82) is 0 Å². The molecule has 1 fully saturated rings. The molecule has 1 atom stereocenters. The van der Waals surface area contributed by atoms with Crippen LogP contribution in [0.1, 0.15) is 54.4 Å². The van der Waals surface area contributed by atoms with E-state index in [1.807, 2.05) is 11.5 Å². The number of carbonyl (C=O) groups excluding carboxylic acids is 1. The van der Waals surface area contributed by atoms with Crippen LogP contribution in [-0.2, 0) is 29.7 Å². The van der Waals surface area contributed by atoms with Gasteiger partial charge in [0.05, 0.1) is 18.8 Å². The topological polar surface area (TPSA) is 106 Å². The predicted molar refractivity (Wildman–Crippen MR) is 101 cm³/mol. The molecule has 11 heteroatoms. The third-order valence-electron chi connectivity index (χ3n) is 5.48. The van der Waals surface area contributed by atoms with Gasteiger partial charge in [0.1, 0.15) is 5.69 Å². The van der Waals surface area contributed by atoms with E-state index in [1.54, 1.807) is 21.8 Å². The summed E-state index contributed by atoms with van der Waals surface area (Å²) in [5, 5.41) is 12.8. The Morgan fingerprint density at radius 2 is 2.04 bits per heavy atom. The smallest absolute Gasteiger partial charge is 0.272 e. The molecule has 0 aliphatic carbocycles. The summed E-state index contributed by atoms with van der Waals surface area (Å²) in [6, 6.07) is 1.44. The number of hydrogen-bond donors (Lipinski definition) is 0. The summed E-state index contributed by atoms with van der Waals surface area (Å²) in [6.07, 6.45) is 5.44. The average molecular weight is 408 g/mol. The maximum atomic E-state index is 12.9. The van der Waals surface area contributed by atoms with E-state index in [4.69, 9.17) is 0 Å². The molecule has 4 heterocycles. The third-order valence-corrected chi connectivity index (χ3v) is 6.77. The van der Waals surface area contributed by atoms with Crippen LogP contribution >= 0.6 is 0 Å². The lowest BCUT2D eigenvalue weighted by Gasteiger charge is -2.34. The van der Waals surface area contributed by atoms with E-state index in [9.17, 15) is 13.2 Å². The number of sulfonamides is 1. The first-order valence-electron chi connectivity index (χ1n) is 9.60. The maximum Gasteiger partial charge on any atom is 0.272 e. The number of aromatic nitrogens is 5. The first kappa shape index (κ1) is 19.1. The molecule has 2 aromatic heterocycles. The monoisotopic (exact) mass is 407 g/mol. The highest BCUT2D eigenvalue weighted by molar-refractivity contribution is 7.88. The van der Waals surface area contributed by atoms with Gasteiger partial charge in [-0.2, -0.15) is 9.40 Å². The lowest BCUT2D eigenvalue weighted by molar-refractivity contribution is 0.0692. The number of hydrogen-bond acceptors (Lipinski definition) is 6. The molecule has 0 radical (unpaired) electrons. The largest absolute Gasteiger partial charge is 0.328 e. The molecule has 28 heavy (non-hydrogen) atoms. The molecule has 0 spiro atoms. The Kier molecular flexibility index (Phi) is 4.96. The van der Waals surface area contributed by atoms with Crippen LogP contribution in [0.3, 0.4) is 0 Å². The molecule has 4 rings (SSSR count). The molecule has 0 N–H and O–H groups in total. The molecule has 10 nitrogen and oxygen atoms in total. The standard InChI is InChI=1S/C17H25N7O3S/c1-3-23-14(7-8-18-23)17(25)21-10-11-22-15(12-21)19-20-16(22)13-6-4-5-9-24(13)28(2,26)27/h7-8,13H,3-6,9-12H2,1-2H3. The molecular weight excluding hydrogens is 382 g/mol. The van der Waals surface area contributed by atoms with Crippen molar-refractivity contribution >= 4 is 15.9 Å². The molecule has 0 aromatic carbocycles. The minimum atomic E-state index is -3.31. The van der Waals surface area contributed by atoms with Crippen molar-refractivity contribution in [2.75, 3.05) is 19.3 Å². The summed E-state index contributed by atoms with van der Waals surface area (Å²) >= 11 is 0. The summed E-state index contributed by atoms with van der Waals surface area (Å²) in [5.74, 6) is 1.30. The Morgan fingerprint density at radius 1 is 1.21 bits per heavy atom. The highest BCUT2D eigenvalue weighted by Crippen LogP contribution is 2.33. The van der Waals surface area contributed by atoms with Gasteiger partial charge in [-0.05, 0) is 25.8 Å². The molecule has 0 bridgehead atoms. The molecule has 1 unspecified atom stereocenters. The number of fused-ring (bicyclic) bond motifs is 1. The highest BCUT2D eigenvalue weighted by atomic mass is 32.2. The normalized spacial score (nSPS) is 20.9. The van der Waals surface area contributed by atoms with Crippen molar-refractivity contribution < 1.29 is 13.2 Å². The second kappa shape index (κ2) is 7.28. The predicted octanol–water partition coefficient (Wildman–Crippen LogP) is 0.637. The number of rotatable bonds is 4. The van der Waals surface area contributed by atoms with Gasteiger partial charge in [0.2, 0.25) is 10.0 Å². The third kappa shape index (κ3) is 3.32. The van der Waals surface area contributed by atoms with Gasteiger partial charge >= 0.3 is 0 Å². The summed E-state index contributed by atoms with van der Waals surface area (Å²) in [4.78, 5) is 14.6. The lowest BCUT2D eigenvalue weighted by atomic mass is 10.0. The zero-order valence-corrected chi connectivity index (χ0v) is 17.0. The lowest BCUT2D eigenvalue weighted by Crippen LogP contribution is -2.42. The van der Waals surface area contributed by atoms with Crippen molar-refractivity contribution in [1.82, 2.24) is 33.8 Å². The van der Waals surface area contributed by atoms with E-state index in [2.05, 4.69) is 15.3 Å². The van der Waals surface area contributed by atoms with E-state index in [-0.39, 0.29) is 11.9 Å². The molecule has 1 saturated heterocycles. The first-order chi connectivity index (χ1) is 13.4. The van der Waals surface area contributed by atoms with Crippen molar-refractivity contribution in [3.05, 3.63) is 29.6 Å². The van der Waals surface area contributed by atoms with Crippen molar-refractivity contribution in [3.8, 4) is 0 Å². The van der Waals surface area contributed by atoms with E-state index in [0.29, 0.717) is 50.1 Å². The summed E-state index contributed by atoms with van der Waals surface area (Å²) in [7, 11) is -3.31. The van der Waals surface area contributed by atoms with Gasteiger partial charge < -0.3 is 9.47 Å². The van der Waals surface area contributed by atoms with Crippen molar-refractivity contribution in [3.63, 3.8) is 0 Å². The number of piperidine rings is 1. The summed E-state index contributed by atoms with van der Waals surface area (Å²) in [5.41, 5.74) is 0.561. The number of nitrogens with zero attached hydrogens (tertiary/aromatic N) is 7. The molecular formula is C17H25N7O3S. The van der Waals surface area contributed by atoms with Crippen LogP contribution in [0.4, 0.5) is 0 Å². The van der Waals surface area contributed by atoms with Gasteiger partial charge in [-0.25, -0.2) is 8.42 Å². The van der Waals surface area contributed by atoms with Gasteiger partial charge in [0.15, 0.2) is 11.6 Å². The van der Waals surface area contributed by atoms with Crippen LogP contribution in [0.15, 0.2) is 12.3 Å². The fourth-order valence-corrected chi connectivity index (χ4v) is 5.21. The molecule has 0 saturated carbocycles.